The number of rotatable bonds is 1. The van der Waals surface area contributed by atoms with Gasteiger partial charge in [-0.3, -0.25) is 14.5 Å². The zero-order valence-electron chi connectivity index (χ0n) is 10.6. The second kappa shape index (κ2) is 4.08. The third-order valence-electron chi connectivity index (χ3n) is 2.93. The van der Waals surface area contributed by atoms with Gasteiger partial charge in [0.2, 0.25) is 5.91 Å². The number of amides is 2. The molecule has 0 spiro atoms. The van der Waals surface area contributed by atoms with Crippen LogP contribution in [0.3, 0.4) is 0 Å². The normalized spacial score (nSPS) is 18.8. The average molecular weight is 250 g/mol. The van der Waals surface area contributed by atoms with Crippen LogP contribution in [0.2, 0.25) is 0 Å². The van der Waals surface area contributed by atoms with Crippen molar-refractivity contribution in [2.45, 2.75) is 26.3 Å². The highest BCUT2D eigenvalue weighted by Gasteiger charge is 2.40. The summed E-state index contributed by atoms with van der Waals surface area (Å²) in [5, 5.41) is 2.58. The molecule has 1 aromatic carbocycles. The fraction of sp³-hybridized carbons (Fsp3) is 0.385. The van der Waals surface area contributed by atoms with Crippen molar-refractivity contribution >= 4 is 17.5 Å². The van der Waals surface area contributed by atoms with Crippen molar-refractivity contribution in [2.24, 2.45) is 0 Å². The highest BCUT2D eigenvalue weighted by molar-refractivity contribution is 6.08. The number of hydrogen-bond acceptors (Lipinski definition) is 2. The van der Waals surface area contributed by atoms with E-state index >= 15 is 0 Å². The third-order valence-corrected chi connectivity index (χ3v) is 2.93. The molecule has 4 nitrogen and oxygen atoms in total. The Labute approximate surface area is 105 Å². The summed E-state index contributed by atoms with van der Waals surface area (Å²) in [5.74, 6) is -1.10. The summed E-state index contributed by atoms with van der Waals surface area (Å²) >= 11 is 0. The topological polar surface area (TPSA) is 49.4 Å². The number of carbonyl (C=O) groups is 2. The zero-order chi connectivity index (χ0) is 13.5. The van der Waals surface area contributed by atoms with E-state index in [4.69, 9.17) is 0 Å². The van der Waals surface area contributed by atoms with Crippen molar-refractivity contribution in [3.63, 3.8) is 0 Å². The fourth-order valence-corrected chi connectivity index (χ4v) is 2.02. The number of nitrogens with zero attached hydrogens (tertiary/aromatic N) is 1. The number of piperazine rings is 1. The lowest BCUT2D eigenvalue weighted by atomic mass is 9.99. The summed E-state index contributed by atoms with van der Waals surface area (Å²) in [7, 11) is 0. The summed E-state index contributed by atoms with van der Waals surface area (Å²) in [6.45, 7) is 4.82. The van der Waals surface area contributed by atoms with Crippen LogP contribution in [0, 0.1) is 12.7 Å². The van der Waals surface area contributed by atoms with E-state index in [1.54, 1.807) is 26.8 Å². The van der Waals surface area contributed by atoms with E-state index in [2.05, 4.69) is 5.32 Å². The van der Waals surface area contributed by atoms with E-state index < -0.39 is 11.4 Å². The molecule has 1 fully saturated rings. The van der Waals surface area contributed by atoms with Gasteiger partial charge in [0.25, 0.3) is 5.91 Å². The highest BCUT2D eigenvalue weighted by atomic mass is 19.1. The lowest BCUT2D eigenvalue weighted by molar-refractivity contribution is -0.134. The molecular weight excluding hydrogens is 235 g/mol. The van der Waals surface area contributed by atoms with E-state index in [0.29, 0.717) is 0 Å². The Morgan fingerprint density at radius 1 is 1.33 bits per heavy atom. The molecule has 1 aromatic rings. The molecule has 96 valence electrons. The van der Waals surface area contributed by atoms with Crippen LogP contribution in [0.4, 0.5) is 10.1 Å². The first-order valence-corrected chi connectivity index (χ1v) is 5.70. The predicted octanol–water partition coefficient (Wildman–Crippen LogP) is 1.38. The van der Waals surface area contributed by atoms with E-state index in [1.165, 1.54) is 17.0 Å². The molecular formula is C13H15FN2O2. The Kier molecular flexibility index (Phi) is 2.84. The van der Waals surface area contributed by atoms with E-state index in [1.807, 2.05) is 0 Å². The lowest BCUT2D eigenvalue weighted by Crippen LogP contribution is -2.64. The molecule has 18 heavy (non-hydrogen) atoms. The number of aryl methyl sites for hydroxylation is 1. The van der Waals surface area contributed by atoms with Gasteiger partial charge in [0.05, 0.1) is 5.69 Å². The van der Waals surface area contributed by atoms with Gasteiger partial charge in [-0.15, -0.1) is 0 Å². The predicted molar refractivity (Wildman–Crippen MR) is 65.7 cm³/mol. The first-order chi connectivity index (χ1) is 8.31. The largest absolute Gasteiger partial charge is 0.341 e. The van der Waals surface area contributed by atoms with Gasteiger partial charge >= 0.3 is 0 Å². The first-order valence-electron chi connectivity index (χ1n) is 5.70. The number of anilines is 1. The fourth-order valence-electron chi connectivity index (χ4n) is 2.02. The Hall–Kier alpha value is -1.91. The van der Waals surface area contributed by atoms with Crippen molar-refractivity contribution < 1.29 is 14.0 Å². The van der Waals surface area contributed by atoms with Crippen molar-refractivity contribution in [1.82, 2.24) is 5.32 Å². The molecule has 5 heteroatoms. The SMILES string of the molecule is Cc1ccc(N2CC(=O)NC(C)(C)C2=O)c(F)c1. The molecule has 0 radical (unpaired) electrons. The minimum atomic E-state index is -1.01. The molecule has 1 heterocycles. The van der Waals surface area contributed by atoms with E-state index in [9.17, 15) is 14.0 Å². The monoisotopic (exact) mass is 250 g/mol. The summed E-state index contributed by atoms with van der Waals surface area (Å²) in [6.07, 6.45) is 0. The summed E-state index contributed by atoms with van der Waals surface area (Å²) in [6, 6.07) is 4.59. The van der Waals surface area contributed by atoms with Gasteiger partial charge in [0.15, 0.2) is 0 Å². The Morgan fingerprint density at radius 3 is 2.61 bits per heavy atom. The van der Waals surface area contributed by atoms with Crippen LogP contribution in [0.5, 0.6) is 0 Å². The second-order valence-electron chi connectivity index (χ2n) is 5.02. The molecule has 1 N–H and O–H groups in total. The molecule has 0 atom stereocenters. The molecule has 0 bridgehead atoms. The van der Waals surface area contributed by atoms with Gasteiger partial charge in [-0.2, -0.15) is 0 Å². The van der Waals surface area contributed by atoms with Crippen LogP contribution >= 0.6 is 0 Å². The molecule has 2 amide bonds. The van der Waals surface area contributed by atoms with Crippen molar-refractivity contribution in [2.75, 3.05) is 11.4 Å². The molecule has 0 aliphatic carbocycles. The van der Waals surface area contributed by atoms with E-state index in [0.717, 1.165) is 5.56 Å². The minimum Gasteiger partial charge on any atom is -0.341 e. The van der Waals surface area contributed by atoms with Crippen LogP contribution in [0.15, 0.2) is 18.2 Å². The Balaban J connectivity index is 2.43. The maximum absolute atomic E-state index is 13.9. The lowest BCUT2D eigenvalue weighted by Gasteiger charge is -2.37. The first kappa shape index (κ1) is 12.5. The van der Waals surface area contributed by atoms with Crippen molar-refractivity contribution in [1.29, 1.82) is 0 Å². The van der Waals surface area contributed by atoms with Gasteiger partial charge in [-0.1, -0.05) is 6.07 Å². The van der Waals surface area contributed by atoms with Crippen LogP contribution < -0.4 is 10.2 Å². The minimum absolute atomic E-state index is 0.147. The molecule has 0 saturated carbocycles. The van der Waals surface area contributed by atoms with Gasteiger partial charge in [-0.25, -0.2) is 4.39 Å². The second-order valence-corrected chi connectivity index (χ2v) is 5.02. The van der Waals surface area contributed by atoms with Gasteiger partial charge in [-0.05, 0) is 38.5 Å². The number of benzene rings is 1. The van der Waals surface area contributed by atoms with Crippen LogP contribution in [-0.4, -0.2) is 23.9 Å². The van der Waals surface area contributed by atoms with E-state index in [-0.39, 0.29) is 24.0 Å². The number of halogens is 1. The van der Waals surface area contributed by atoms with Gasteiger partial charge < -0.3 is 5.32 Å². The molecule has 0 aromatic heterocycles. The van der Waals surface area contributed by atoms with Crippen LogP contribution in [0.25, 0.3) is 0 Å². The number of hydrogen-bond donors (Lipinski definition) is 1. The summed E-state index contributed by atoms with van der Waals surface area (Å²) in [5.41, 5.74) is -0.0925. The molecule has 1 aliphatic heterocycles. The number of nitrogens with one attached hydrogen (secondary N) is 1. The molecule has 0 unspecified atom stereocenters. The maximum atomic E-state index is 13.9. The van der Waals surface area contributed by atoms with Crippen molar-refractivity contribution in [3.05, 3.63) is 29.6 Å². The Bertz CT molecular complexity index is 526. The van der Waals surface area contributed by atoms with Gasteiger partial charge in [0, 0.05) is 0 Å². The van der Waals surface area contributed by atoms with Crippen molar-refractivity contribution in [3.8, 4) is 0 Å². The Morgan fingerprint density at radius 2 is 2.00 bits per heavy atom. The number of carbonyl (C=O) groups excluding carboxylic acids is 2. The smallest absolute Gasteiger partial charge is 0.252 e. The zero-order valence-corrected chi connectivity index (χ0v) is 10.6. The standard InChI is InChI=1S/C13H15FN2O2/c1-8-4-5-10(9(14)6-8)16-7-11(17)15-13(2,3)12(16)18/h4-6H,7H2,1-3H3,(H,15,17). The maximum Gasteiger partial charge on any atom is 0.252 e. The van der Waals surface area contributed by atoms with Crippen LogP contribution in [0.1, 0.15) is 19.4 Å². The van der Waals surface area contributed by atoms with Gasteiger partial charge in [0.1, 0.15) is 17.9 Å². The quantitative estimate of drug-likeness (QED) is 0.818. The summed E-state index contributed by atoms with van der Waals surface area (Å²) in [4.78, 5) is 24.9. The summed E-state index contributed by atoms with van der Waals surface area (Å²) < 4.78 is 13.9. The van der Waals surface area contributed by atoms with Crippen LogP contribution in [-0.2, 0) is 9.59 Å². The molecule has 2 rings (SSSR count). The molecule has 1 aliphatic rings. The third kappa shape index (κ3) is 2.08. The highest BCUT2D eigenvalue weighted by Crippen LogP contribution is 2.25. The molecule has 1 saturated heterocycles. The average Bonchev–Trinajstić information content (AvgIpc) is 2.23.